The van der Waals surface area contributed by atoms with Gasteiger partial charge in [-0.15, -0.1) is 0 Å². The van der Waals surface area contributed by atoms with Crippen LogP contribution in [0.4, 0.5) is 0 Å². The Morgan fingerprint density at radius 3 is 2.79 bits per heavy atom. The topological polar surface area (TPSA) is 77.8 Å². The zero-order valence-corrected chi connectivity index (χ0v) is 11.1. The smallest absolute Gasteiger partial charge is 0.276 e. The van der Waals surface area contributed by atoms with Crippen LogP contribution in [0.1, 0.15) is 43.5 Å². The Hall–Kier alpha value is -1.75. The molecule has 1 aliphatic rings. The van der Waals surface area contributed by atoms with E-state index < -0.39 is 5.54 Å². The van der Waals surface area contributed by atoms with Crippen LogP contribution in [0.2, 0.25) is 0 Å². The second-order valence-electron chi connectivity index (χ2n) is 5.31. The minimum absolute atomic E-state index is 0.428. The van der Waals surface area contributed by atoms with Crippen molar-refractivity contribution < 1.29 is 4.52 Å². The second-order valence-corrected chi connectivity index (χ2v) is 5.31. The fourth-order valence-electron chi connectivity index (χ4n) is 2.64. The van der Waals surface area contributed by atoms with E-state index in [-0.39, 0.29) is 0 Å². The third kappa shape index (κ3) is 2.26. The van der Waals surface area contributed by atoms with Crippen molar-refractivity contribution in [2.24, 2.45) is 5.73 Å². The first-order chi connectivity index (χ1) is 9.19. The first-order valence-corrected chi connectivity index (χ1v) is 6.74. The zero-order chi connectivity index (χ0) is 13.3. The number of nitrogens with two attached hydrogens (primary N) is 1. The molecule has 1 aliphatic carbocycles. The number of aryl methyl sites for hydroxylation is 1. The molecule has 1 fully saturated rings. The van der Waals surface area contributed by atoms with Gasteiger partial charge in [-0.05, 0) is 31.4 Å². The Balaban J connectivity index is 1.93. The normalized spacial score (nSPS) is 18.4. The van der Waals surface area contributed by atoms with Gasteiger partial charge in [0.05, 0.1) is 5.54 Å². The number of pyridine rings is 1. The van der Waals surface area contributed by atoms with Crippen molar-refractivity contribution in [3.05, 3.63) is 29.7 Å². The molecule has 2 aromatic heterocycles. The highest BCUT2D eigenvalue weighted by atomic mass is 16.5. The lowest BCUT2D eigenvalue weighted by Gasteiger charge is -2.29. The van der Waals surface area contributed by atoms with E-state index in [1.54, 1.807) is 6.20 Å². The van der Waals surface area contributed by atoms with Gasteiger partial charge in [0.2, 0.25) is 0 Å². The first-order valence-electron chi connectivity index (χ1n) is 6.74. The maximum absolute atomic E-state index is 6.40. The Labute approximate surface area is 112 Å². The van der Waals surface area contributed by atoms with Crippen LogP contribution in [0.25, 0.3) is 11.6 Å². The predicted octanol–water partition coefficient (Wildman–Crippen LogP) is 2.56. The average molecular weight is 258 g/mol. The molecule has 3 rings (SSSR count). The number of hydrogen-bond donors (Lipinski definition) is 1. The maximum atomic E-state index is 6.40. The molecule has 0 atom stereocenters. The Morgan fingerprint density at radius 1 is 1.26 bits per heavy atom. The van der Waals surface area contributed by atoms with Crippen molar-refractivity contribution in [3.8, 4) is 11.6 Å². The van der Waals surface area contributed by atoms with Crippen molar-refractivity contribution in [3.63, 3.8) is 0 Å². The number of nitrogens with zero attached hydrogens (tertiary/aromatic N) is 3. The van der Waals surface area contributed by atoms with E-state index in [4.69, 9.17) is 10.3 Å². The third-order valence-corrected chi connectivity index (χ3v) is 3.83. The summed E-state index contributed by atoms with van der Waals surface area (Å²) in [6, 6.07) is 3.87. The van der Waals surface area contributed by atoms with Crippen LogP contribution in [0.5, 0.6) is 0 Å². The minimum atomic E-state index is -0.428. The lowest BCUT2D eigenvalue weighted by atomic mass is 9.82. The fourth-order valence-corrected chi connectivity index (χ4v) is 2.64. The standard InChI is InChI=1S/C14H18N4O/c1-10-6-5-9-16-11(10)12-17-13(18-19-12)14(15)7-3-2-4-8-14/h5-6,9H,2-4,7-8,15H2,1H3. The van der Waals surface area contributed by atoms with Gasteiger partial charge in [-0.25, -0.2) is 0 Å². The summed E-state index contributed by atoms with van der Waals surface area (Å²) in [7, 11) is 0. The highest BCUT2D eigenvalue weighted by molar-refractivity contribution is 5.51. The molecule has 0 amide bonds. The van der Waals surface area contributed by atoms with Crippen LogP contribution in [0.3, 0.4) is 0 Å². The molecule has 19 heavy (non-hydrogen) atoms. The third-order valence-electron chi connectivity index (χ3n) is 3.83. The Kier molecular flexibility index (Phi) is 3.06. The summed E-state index contributed by atoms with van der Waals surface area (Å²) in [5, 5.41) is 4.08. The quantitative estimate of drug-likeness (QED) is 0.895. The number of aromatic nitrogens is 3. The van der Waals surface area contributed by atoms with E-state index in [1.165, 1.54) is 6.42 Å². The van der Waals surface area contributed by atoms with Crippen molar-refractivity contribution in [1.82, 2.24) is 15.1 Å². The summed E-state index contributed by atoms with van der Waals surface area (Å²) in [4.78, 5) is 8.76. The lowest BCUT2D eigenvalue weighted by Crippen LogP contribution is -2.39. The highest BCUT2D eigenvalue weighted by Gasteiger charge is 2.34. The van der Waals surface area contributed by atoms with E-state index >= 15 is 0 Å². The van der Waals surface area contributed by atoms with Crippen molar-refractivity contribution in [2.45, 2.75) is 44.6 Å². The van der Waals surface area contributed by atoms with E-state index in [2.05, 4.69) is 15.1 Å². The number of hydrogen-bond acceptors (Lipinski definition) is 5. The van der Waals surface area contributed by atoms with Gasteiger partial charge in [0, 0.05) is 6.20 Å². The minimum Gasteiger partial charge on any atom is -0.332 e. The van der Waals surface area contributed by atoms with Crippen LogP contribution in [-0.4, -0.2) is 15.1 Å². The van der Waals surface area contributed by atoms with Crippen LogP contribution < -0.4 is 5.73 Å². The van der Waals surface area contributed by atoms with Crippen molar-refractivity contribution >= 4 is 0 Å². The zero-order valence-electron chi connectivity index (χ0n) is 11.1. The molecule has 2 aromatic rings. The molecule has 0 aliphatic heterocycles. The van der Waals surface area contributed by atoms with Crippen LogP contribution in [0, 0.1) is 6.92 Å². The Bertz CT molecular complexity index is 572. The van der Waals surface area contributed by atoms with E-state index in [0.29, 0.717) is 11.7 Å². The van der Waals surface area contributed by atoms with Gasteiger partial charge in [0.25, 0.3) is 5.89 Å². The van der Waals surface area contributed by atoms with Gasteiger partial charge >= 0.3 is 0 Å². The SMILES string of the molecule is Cc1cccnc1-c1nc(C2(N)CCCCC2)no1. The number of rotatable bonds is 2. The largest absolute Gasteiger partial charge is 0.332 e. The molecule has 5 nitrogen and oxygen atoms in total. The summed E-state index contributed by atoms with van der Waals surface area (Å²) < 4.78 is 5.35. The van der Waals surface area contributed by atoms with Crippen LogP contribution >= 0.6 is 0 Å². The predicted molar refractivity (Wildman–Crippen MR) is 71.2 cm³/mol. The molecular weight excluding hydrogens is 240 g/mol. The van der Waals surface area contributed by atoms with Gasteiger partial charge in [-0.3, -0.25) is 4.98 Å². The molecule has 0 saturated heterocycles. The van der Waals surface area contributed by atoms with Crippen molar-refractivity contribution in [1.29, 1.82) is 0 Å². The molecule has 0 unspecified atom stereocenters. The van der Waals surface area contributed by atoms with Crippen LogP contribution in [0.15, 0.2) is 22.9 Å². The summed E-state index contributed by atoms with van der Waals surface area (Å²) in [6.07, 6.45) is 7.07. The van der Waals surface area contributed by atoms with Crippen molar-refractivity contribution in [2.75, 3.05) is 0 Å². The molecule has 1 saturated carbocycles. The van der Waals surface area contributed by atoms with E-state index in [0.717, 1.165) is 36.9 Å². The molecule has 0 bridgehead atoms. The van der Waals surface area contributed by atoms with E-state index in [9.17, 15) is 0 Å². The van der Waals surface area contributed by atoms with Crippen LogP contribution in [-0.2, 0) is 5.54 Å². The summed E-state index contributed by atoms with van der Waals surface area (Å²) in [5.74, 6) is 1.08. The molecule has 0 spiro atoms. The highest BCUT2D eigenvalue weighted by Crippen LogP contribution is 2.34. The monoisotopic (exact) mass is 258 g/mol. The molecule has 2 heterocycles. The van der Waals surface area contributed by atoms with Gasteiger partial charge in [-0.1, -0.05) is 30.5 Å². The van der Waals surface area contributed by atoms with E-state index in [1.807, 2.05) is 19.1 Å². The second kappa shape index (κ2) is 4.74. The van der Waals surface area contributed by atoms with Gasteiger partial charge in [-0.2, -0.15) is 4.98 Å². The summed E-state index contributed by atoms with van der Waals surface area (Å²) in [6.45, 7) is 1.98. The average Bonchev–Trinajstić information content (AvgIpc) is 2.90. The molecular formula is C14H18N4O. The molecule has 100 valence electrons. The van der Waals surface area contributed by atoms with Gasteiger partial charge in [0.15, 0.2) is 5.82 Å². The summed E-state index contributed by atoms with van der Waals surface area (Å²) in [5.41, 5.74) is 7.73. The fraction of sp³-hybridized carbons (Fsp3) is 0.500. The Morgan fingerprint density at radius 2 is 2.05 bits per heavy atom. The first kappa shape index (κ1) is 12.3. The van der Waals surface area contributed by atoms with Gasteiger partial charge < -0.3 is 10.3 Å². The lowest BCUT2D eigenvalue weighted by molar-refractivity contribution is 0.275. The molecule has 0 aromatic carbocycles. The van der Waals surface area contributed by atoms with Gasteiger partial charge in [0.1, 0.15) is 5.69 Å². The summed E-state index contributed by atoms with van der Waals surface area (Å²) >= 11 is 0. The molecule has 0 radical (unpaired) electrons. The maximum Gasteiger partial charge on any atom is 0.276 e. The molecule has 5 heteroatoms. The molecule has 2 N–H and O–H groups in total.